The van der Waals surface area contributed by atoms with Crippen molar-refractivity contribution < 1.29 is 14.0 Å². The summed E-state index contributed by atoms with van der Waals surface area (Å²) in [6.45, 7) is 8.38. The predicted octanol–water partition coefficient (Wildman–Crippen LogP) is 6.31. The number of hydrogen-bond acceptors (Lipinski definition) is 3. The second-order valence-corrected chi connectivity index (χ2v) is 11.3. The van der Waals surface area contributed by atoms with E-state index in [1.165, 1.54) is 29.1 Å². The van der Waals surface area contributed by atoms with E-state index in [-0.39, 0.29) is 23.0 Å². The van der Waals surface area contributed by atoms with E-state index in [0.29, 0.717) is 22.0 Å². The number of nitrogens with one attached hydrogen (secondary N) is 1. The number of halogens is 1. The first-order chi connectivity index (χ1) is 15.2. The van der Waals surface area contributed by atoms with E-state index in [2.05, 4.69) is 26.1 Å². The summed E-state index contributed by atoms with van der Waals surface area (Å²) in [5, 5.41) is 3.65. The summed E-state index contributed by atoms with van der Waals surface area (Å²) in [7, 11) is 0. The van der Waals surface area contributed by atoms with Crippen molar-refractivity contribution in [1.82, 2.24) is 4.90 Å². The zero-order valence-corrected chi connectivity index (χ0v) is 20.1. The zero-order valence-electron chi connectivity index (χ0n) is 19.3. The minimum absolute atomic E-state index is 0.0491. The van der Waals surface area contributed by atoms with Crippen molar-refractivity contribution in [1.29, 1.82) is 0 Å². The summed E-state index contributed by atoms with van der Waals surface area (Å²) in [6, 6.07) is 5.52. The number of hydrogen-bond donors (Lipinski definition) is 1. The maximum absolute atomic E-state index is 13.7. The molecule has 1 aromatic heterocycles. The lowest BCUT2D eigenvalue weighted by Gasteiger charge is -2.34. The first kappa shape index (κ1) is 23.0. The molecule has 1 unspecified atom stereocenters. The van der Waals surface area contributed by atoms with Gasteiger partial charge >= 0.3 is 0 Å². The summed E-state index contributed by atoms with van der Waals surface area (Å²) in [6.07, 6.45) is 7.24. The van der Waals surface area contributed by atoms with E-state index in [9.17, 15) is 14.0 Å². The molecule has 4 rings (SSSR count). The van der Waals surface area contributed by atoms with Crippen molar-refractivity contribution in [3.8, 4) is 0 Å². The molecule has 1 atom stereocenters. The van der Waals surface area contributed by atoms with Crippen LogP contribution in [-0.4, -0.2) is 29.8 Å². The highest BCUT2D eigenvalue weighted by atomic mass is 32.1. The van der Waals surface area contributed by atoms with Crippen LogP contribution in [-0.2, 0) is 12.8 Å². The Morgan fingerprint density at radius 2 is 1.72 bits per heavy atom. The van der Waals surface area contributed by atoms with Gasteiger partial charge in [0, 0.05) is 23.5 Å². The van der Waals surface area contributed by atoms with Crippen molar-refractivity contribution in [3.63, 3.8) is 0 Å². The third-order valence-electron chi connectivity index (χ3n) is 6.93. The van der Waals surface area contributed by atoms with Crippen LogP contribution in [0.2, 0.25) is 0 Å². The summed E-state index contributed by atoms with van der Waals surface area (Å²) in [5.74, 6) is -0.0808. The van der Waals surface area contributed by atoms with Gasteiger partial charge in [0.05, 0.1) is 5.56 Å². The van der Waals surface area contributed by atoms with E-state index < -0.39 is 0 Å². The third kappa shape index (κ3) is 4.90. The average Bonchev–Trinajstić information content (AvgIpc) is 2.90. The molecule has 0 saturated carbocycles. The van der Waals surface area contributed by atoms with Gasteiger partial charge in [-0.1, -0.05) is 33.6 Å². The fourth-order valence-corrected chi connectivity index (χ4v) is 6.16. The van der Waals surface area contributed by atoms with E-state index >= 15 is 0 Å². The highest BCUT2D eigenvalue weighted by Gasteiger charge is 2.35. The molecule has 6 heteroatoms. The SMILES string of the molecule is CC(C)(C)C1CCc2c(sc(NC(=O)c3ccc(F)cc3)c2C(=O)N2CCCCCC2)C1. The molecule has 2 aromatic rings. The van der Waals surface area contributed by atoms with Crippen LogP contribution < -0.4 is 5.32 Å². The average molecular weight is 457 g/mol. The van der Waals surface area contributed by atoms with Gasteiger partial charge in [0.25, 0.3) is 11.8 Å². The highest BCUT2D eigenvalue weighted by molar-refractivity contribution is 7.17. The highest BCUT2D eigenvalue weighted by Crippen LogP contribution is 2.44. The summed E-state index contributed by atoms with van der Waals surface area (Å²) in [5.41, 5.74) is 2.40. The van der Waals surface area contributed by atoms with Gasteiger partial charge in [-0.15, -0.1) is 11.3 Å². The molecule has 1 saturated heterocycles. The number of fused-ring (bicyclic) bond motifs is 1. The molecular weight excluding hydrogens is 423 g/mol. The van der Waals surface area contributed by atoms with E-state index in [0.717, 1.165) is 63.6 Å². The zero-order chi connectivity index (χ0) is 22.9. The number of carbonyl (C=O) groups excluding carboxylic acids is 2. The number of amides is 2. The quantitative estimate of drug-likeness (QED) is 0.589. The fourth-order valence-electron chi connectivity index (χ4n) is 4.85. The number of rotatable bonds is 3. The second kappa shape index (κ2) is 9.34. The monoisotopic (exact) mass is 456 g/mol. The molecule has 172 valence electrons. The van der Waals surface area contributed by atoms with Crippen LogP contribution in [0.3, 0.4) is 0 Å². The van der Waals surface area contributed by atoms with Gasteiger partial charge < -0.3 is 10.2 Å². The van der Waals surface area contributed by atoms with Crippen LogP contribution in [0.15, 0.2) is 24.3 Å². The number of thiophene rings is 1. The Morgan fingerprint density at radius 3 is 2.34 bits per heavy atom. The third-order valence-corrected chi connectivity index (χ3v) is 8.10. The minimum atomic E-state index is -0.376. The maximum atomic E-state index is 13.7. The molecule has 1 aliphatic heterocycles. The Bertz CT molecular complexity index is 982. The van der Waals surface area contributed by atoms with Crippen molar-refractivity contribution in [2.75, 3.05) is 18.4 Å². The van der Waals surface area contributed by atoms with Crippen molar-refractivity contribution in [2.24, 2.45) is 11.3 Å². The van der Waals surface area contributed by atoms with Gasteiger partial charge in [0.15, 0.2) is 0 Å². The topological polar surface area (TPSA) is 49.4 Å². The summed E-state index contributed by atoms with van der Waals surface area (Å²) >= 11 is 1.55. The molecular formula is C26H33FN2O2S. The fraction of sp³-hybridized carbons (Fsp3) is 0.538. The Labute approximate surface area is 194 Å². The molecule has 0 bridgehead atoms. The maximum Gasteiger partial charge on any atom is 0.257 e. The Balaban J connectivity index is 1.67. The molecule has 1 aromatic carbocycles. The lowest BCUT2D eigenvalue weighted by molar-refractivity contribution is 0.0761. The molecule has 0 spiro atoms. The van der Waals surface area contributed by atoms with Crippen LogP contribution >= 0.6 is 11.3 Å². The van der Waals surface area contributed by atoms with Gasteiger partial charge in [0.2, 0.25) is 0 Å². The molecule has 1 N–H and O–H groups in total. The van der Waals surface area contributed by atoms with E-state index in [1.807, 2.05) is 4.90 Å². The van der Waals surface area contributed by atoms with Gasteiger partial charge in [0.1, 0.15) is 10.8 Å². The Morgan fingerprint density at radius 1 is 1.06 bits per heavy atom. The predicted molar refractivity (Wildman–Crippen MR) is 128 cm³/mol. The largest absolute Gasteiger partial charge is 0.339 e. The molecule has 2 aliphatic rings. The smallest absolute Gasteiger partial charge is 0.257 e. The number of nitrogens with zero attached hydrogens (tertiary/aromatic N) is 1. The van der Waals surface area contributed by atoms with Crippen molar-refractivity contribution in [2.45, 2.75) is 65.7 Å². The number of benzene rings is 1. The second-order valence-electron chi connectivity index (χ2n) is 10.2. The standard InChI is InChI=1S/C26H33FN2O2S/c1-26(2,3)18-10-13-20-21(16-18)32-24(28-23(30)17-8-11-19(27)12-9-17)22(20)25(31)29-14-6-4-5-7-15-29/h8-9,11-12,18H,4-7,10,13-16H2,1-3H3,(H,28,30). The first-order valence-corrected chi connectivity index (χ1v) is 12.6. The molecule has 2 amide bonds. The number of likely N-dealkylation sites (tertiary alicyclic amines) is 1. The minimum Gasteiger partial charge on any atom is -0.339 e. The number of carbonyl (C=O) groups is 2. The number of anilines is 1. The van der Waals surface area contributed by atoms with E-state index in [4.69, 9.17) is 0 Å². The van der Waals surface area contributed by atoms with Crippen LogP contribution in [0.1, 0.15) is 84.0 Å². The lowest BCUT2D eigenvalue weighted by atomic mass is 9.72. The van der Waals surface area contributed by atoms with Gasteiger partial charge in [-0.05, 0) is 73.3 Å². The van der Waals surface area contributed by atoms with Crippen molar-refractivity contribution in [3.05, 3.63) is 51.7 Å². The summed E-state index contributed by atoms with van der Waals surface area (Å²) < 4.78 is 13.3. The Hall–Kier alpha value is -2.21. The van der Waals surface area contributed by atoms with Crippen LogP contribution in [0, 0.1) is 17.2 Å². The van der Waals surface area contributed by atoms with Crippen molar-refractivity contribution >= 4 is 28.2 Å². The van der Waals surface area contributed by atoms with Gasteiger partial charge in [-0.25, -0.2) is 4.39 Å². The van der Waals surface area contributed by atoms with Gasteiger partial charge in [-0.2, -0.15) is 0 Å². The molecule has 32 heavy (non-hydrogen) atoms. The molecule has 1 fully saturated rings. The lowest BCUT2D eigenvalue weighted by Crippen LogP contribution is -2.33. The molecule has 4 nitrogen and oxygen atoms in total. The van der Waals surface area contributed by atoms with E-state index in [1.54, 1.807) is 11.3 Å². The molecule has 0 radical (unpaired) electrons. The van der Waals surface area contributed by atoms with Gasteiger partial charge in [-0.3, -0.25) is 9.59 Å². The van der Waals surface area contributed by atoms with Crippen LogP contribution in [0.25, 0.3) is 0 Å². The molecule has 2 heterocycles. The van der Waals surface area contributed by atoms with Crippen LogP contribution in [0.5, 0.6) is 0 Å². The normalized spacial score (nSPS) is 19.2. The molecule has 1 aliphatic carbocycles. The first-order valence-electron chi connectivity index (χ1n) is 11.7. The van der Waals surface area contributed by atoms with Crippen LogP contribution in [0.4, 0.5) is 9.39 Å². The summed E-state index contributed by atoms with van der Waals surface area (Å²) in [4.78, 5) is 29.8. The Kier molecular flexibility index (Phi) is 6.70.